The maximum Gasteiger partial charge on any atom is 0.271 e. The number of anilines is 1. The average Bonchev–Trinajstić information content (AvgIpc) is 2.80. The Morgan fingerprint density at radius 1 is 1.03 bits per heavy atom. The van der Waals surface area contributed by atoms with Crippen LogP contribution in [0.1, 0.15) is 27.0 Å². The zero-order valence-corrected chi connectivity index (χ0v) is 18.1. The number of amides is 2. The smallest absolute Gasteiger partial charge is 0.271 e. The minimum atomic E-state index is -0.578. The standard InChI is InChI=1S/C24H22N4O5/c1-16-9-10-20(11-17(16)2)26-23(29)15-33-22-8-3-5-18(12-22)14-25-27-24(30)19-6-4-7-21(13-19)28(31)32/h3-14H,15H2,1-2H3,(H,26,29)(H,27,30)/b25-14+. The molecule has 0 heterocycles. The number of nitrogens with one attached hydrogen (secondary N) is 2. The summed E-state index contributed by atoms with van der Waals surface area (Å²) in [5, 5.41) is 17.5. The highest BCUT2D eigenvalue weighted by molar-refractivity contribution is 5.95. The highest BCUT2D eigenvalue weighted by Gasteiger charge is 2.10. The van der Waals surface area contributed by atoms with E-state index in [-0.39, 0.29) is 23.8 Å². The number of nitrogens with zero attached hydrogens (tertiary/aromatic N) is 2. The number of aryl methyl sites for hydroxylation is 2. The number of ether oxygens (including phenoxy) is 1. The fourth-order valence-electron chi connectivity index (χ4n) is 2.84. The van der Waals surface area contributed by atoms with Crippen molar-refractivity contribution in [1.29, 1.82) is 0 Å². The molecule has 0 unspecified atom stereocenters. The van der Waals surface area contributed by atoms with E-state index >= 15 is 0 Å². The third kappa shape index (κ3) is 6.73. The van der Waals surface area contributed by atoms with Crippen LogP contribution in [-0.2, 0) is 4.79 Å². The van der Waals surface area contributed by atoms with Crippen LogP contribution in [0.5, 0.6) is 5.75 Å². The van der Waals surface area contributed by atoms with Gasteiger partial charge >= 0.3 is 0 Å². The molecule has 0 aliphatic carbocycles. The molecule has 3 aromatic carbocycles. The molecule has 9 heteroatoms. The number of hydrogen-bond acceptors (Lipinski definition) is 6. The molecule has 0 aliphatic rings. The van der Waals surface area contributed by atoms with Gasteiger partial charge < -0.3 is 10.1 Å². The van der Waals surface area contributed by atoms with Gasteiger partial charge in [-0.3, -0.25) is 19.7 Å². The topological polar surface area (TPSA) is 123 Å². The van der Waals surface area contributed by atoms with E-state index in [0.29, 0.717) is 17.0 Å². The van der Waals surface area contributed by atoms with Gasteiger partial charge in [-0.25, -0.2) is 5.43 Å². The number of nitro benzene ring substituents is 1. The van der Waals surface area contributed by atoms with Crippen molar-refractivity contribution >= 4 is 29.4 Å². The summed E-state index contributed by atoms with van der Waals surface area (Å²) in [7, 11) is 0. The van der Waals surface area contributed by atoms with Crippen molar-refractivity contribution in [1.82, 2.24) is 5.43 Å². The van der Waals surface area contributed by atoms with Crippen molar-refractivity contribution in [2.75, 3.05) is 11.9 Å². The Morgan fingerprint density at radius 2 is 1.82 bits per heavy atom. The predicted molar refractivity (Wildman–Crippen MR) is 125 cm³/mol. The number of hydrazone groups is 1. The summed E-state index contributed by atoms with van der Waals surface area (Å²) in [6, 6.07) is 17.8. The van der Waals surface area contributed by atoms with Crippen LogP contribution in [0.3, 0.4) is 0 Å². The van der Waals surface area contributed by atoms with Crippen LogP contribution in [0.2, 0.25) is 0 Å². The fourth-order valence-corrected chi connectivity index (χ4v) is 2.84. The fraction of sp³-hybridized carbons (Fsp3) is 0.125. The summed E-state index contributed by atoms with van der Waals surface area (Å²) in [5.74, 6) is -0.411. The summed E-state index contributed by atoms with van der Waals surface area (Å²) in [6.45, 7) is 3.80. The van der Waals surface area contributed by atoms with Gasteiger partial charge in [0.25, 0.3) is 17.5 Å². The lowest BCUT2D eigenvalue weighted by Crippen LogP contribution is -2.20. The van der Waals surface area contributed by atoms with Crippen molar-refractivity contribution in [2.24, 2.45) is 5.10 Å². The summed E-state index contributed by atoms with van der Waals surface area (Å²) in [4.78, 5) is 34.5. The highest BCUT2D eigenvalue weighted by Crippen LogP contribution is 2.16. The molecule has 2 N–H and O–H groups in total. The highest BCUT2D eigenvalue weighted by atomic mass is 16.6. The molecule has 0 saturated carbocycles. The summed E-state index contributed by atoms with van der Waals surface area (Å²) in [6.07, 6.45) is 1.40. The first kappa shape index (κ1) is 23.1. The lowest BCUT2D eigenvalue weighted by molar-refractivity contribution is -0.384. The van der Waals surface area contributed by atoms with Crippen LogP contribution in [-0.4, -0.2) is 29.6 Å². The minimum Gasteiger partial charge on any atom is -0.484 e. The zero-order valence-electron chi connectivity index (χ0n) is 18.1. The third-order valence-electron chi connectivity index (χ3n) is 4.72. The van der Waals surface area contributed by atoms with Gasteiger partial charge in [-0.1, -0.05) is 24.3 Å². The second-order valence-electron chi connectivity index (χ2n) is 7.21. The number of carbonyl (C=O) groups is 2. The average molecular weight is 446 g/mol. The molecular formula is C24H22N4O5. The van der Waals surface area contributed by atoms with Crippen LogP contribution in [0, 0.1) is 24.0 Å². The van der Waals surface area contributed by atoms with Crippen LogP contribution in [0.15, 0.2) is 71.8 Å². The Bertz CT molecular complexity index is 1220. The van der Waals surface area contributed by atoms with Crippen LogP contribution >= 0.6 is 0 Å². The zero-order chi connectivity index (χ0) is 23.8. The van der Waals surface area contributed by atoms with E-state index in [4.69, 9.17) is 4.74 Å². The molecule has 9 nitrogen and oxygen atoms in total. The minimum absolute atomic E-state index is 0.119. The quantitative estimate of drug-likeness (QED) is 0.308. The van der Waals surface area contributed by atoms with E-state index in [9.17, 15) is 19.7 Å². The van der Waals surface area contributed by atoms with Gasteiger partial charge in [0, 0.05) is 23.4 Å². The van der Waals surface area contributed by atoms with Gasteiger partial charge in [0.05, 0.1) is 11.1 Å². The molecule has 0 bridgehead atoms. The van der Waals surface area contributed by atoms with Crippen molar-refractivity contribution < 1.29 is 19.2 Å². The van der Waals surface area contributed by atoms with Crippen LogP contribution < -0.4 is 15.5 Å². The Morgan fingerprint density at radius 3 is 2.58 bits per heavy atom. The van der Waals surface area contributed by atoms with Gasteiger partial charge in [-0.05, 0) is 60.9 Å². The van der Waals surface area contributed by atoms with Crippen LogP contribution in [0.25, 0.3) is 0 Å². The van der Waals surface area contributed by atoms with Gasteiger partial charge in [0.15, 0.2) is 6.61 Å². The number of benzene rings is 3. The SMILES string of the molecule is Cc1ccc(NC(=O)COc2cccc(/C=N/NC(=O)c3cccc([N+](=O)[O-])c3)c2)cc1C. The summed E-state index contributed by atoms with van der Waals surface area (Å²) >= 11 is 0. The molecule has 168 valence electrons. The molecule has 0 aliphatic heterocycles. The summed E-state index contributed by atoms with van der Waals surface area (Å²) < 4.78 is 5.54. The first-order valence-corrected chi connectivity index (χ1v) is 9.99. The van der Waals surface area contributed by atoms with Crippen molar-refractivity contribution in [3.63, 3.8) is 0 Å². The lowest BCUT2D eigenvalue weighted by Gasteiger charge is -2.09. The van der Waals surface area contributed by atoms with E-state index in [1.54, 1.807) is 24.3 Å². The second kappa shape index (κ2) is 10.7. The molecule has 3 aromatic rings. The second-order valence-corrected chi connectivity index (χ2v) is 7.21. The molecule has 0 fully saturated rings. The monoisotopic (exact) mass is 446 g/mol. The number of nitro groups is 1. The molecule has 0 atom stereocenters. The van der Waals surface area contributed by atoms with Crippen molar-refractivity contribution in [2.45, 2.75) is 13.8 Å². The molecule has 0 aromatic heterocycles. The molecular weight excluding hydrogens is 424 g/mol. The molecule has 0 saturated heterocycles. The predicted octanol–water partition coefficient (Wildman–Crippen LogP) is 3.99. The Kier molecular flexibility index (Phi) is 7.48. The van der Waals surface area contributed by atoms with Crippen molar-refractivity contribution in [3.05, 3.63) is 99.1 Å². The molecule has 3 rings (SSSR count). The van der Waals surface area contributed by atoms with Crippen LogP contribution in [0.4, 0.5) is 11.4 Å². The van der Waals surface area contributed by atoms with E-state index in [2.05, 4.69) is 15.8 Å². The Hall–Kier alpha value is -4.53. The Labute approximate surface area is 190 Å². The largest absolute Gasteiger partial charge is 0.484 e. The lowest BCUT2D eigenvalue weighted by atomic mass is 10.1. The van der Waals surface area contributed by atoms with E-state index < -0.39 is 10.8 Å². The van der Waals surface area contributed by atoms with E-state index in [1.165, 1.54) is 30.5 Å². The van der Waals surface area contributed by atoms with Gasteiger partial charge in [0.2, 0.25) is 0 Å². The first-order chi connectivity index (χ1) is 15.8. The molecule has 33 heavy (non-hydrogen) atoms. The van der Waals surface area contributed by atoms with E-state index in [1.807, 2.05) is 32.0 Å². The maximum absolute atomic E-state index is 12.2. The normalized spacial score (nSPS) is 10.6. The number of carbonyl (C=O) groups excluding carboxylic acids is 2. The molecule has 0 radical (unpaired) electrons. The number of non-ortho nitro benzene ring substituents is 1. The number of rotatable bonds is 8. The molecule has 0 spiro atoms. The van der Waals surface area contributed by atoms with E-state index in [0.717, 1.165) is 11.1 Å². The first-order valence-electron chi connectivity index (χ1n) is 9.99. The third-order valence-corrected chi connectivity index (χ3v) is 4.72. The Balaban J connectivity index is 1.53. The van der Waals surface area contributed by atoms with Gasteiger partial charge in [-0.15, -0.1) is 0 Å². The number of hydrogen-bond donors (Lipinski definition) is 2. The molecule has 2 amide bonds. The van der Waals surface area contributed by atoms with Crippen molar-refractivity contribution in [3.8, 4) is 5.75 Å². The van der Waals surface area contributed by atoms with Gasteiger partial charge in [0.1, 0.15) is 5.75 Å². The maximum atomic E-state index is 12.2. The van der Waals surface area contributed by atoms with Gasteiger partial charge in [-0.2, -0.15) is 5.10 Å². The summed E-state index contributed by atoms with van der Waals surface area (Å²) in [5.41, 5.74) is 5.81.